The molecule has 14 nitrogen and oxygen atoms in total. The average Bonchev–Trinajstić information content (AvgIpc) is 3.21. The van der Waals surface area contributed by atoms with Gasteiger partial charge in [-0.25, -0.2) is 4.98 Å². The quantitative estimate of drug-likeness (QED) is 0.0757. The second-order valence-corrected chi connectivity index (χ2v) is 7.01. The number of primary amides is 1. The molecule has 0 radical (unpaired) electrons. The third kappa shape index (κ3) is 8.51. The molecular weight excluding hydrogens is 422 g/mol. The smallest absolute Gasteiger partial charge is 0.252 e. The molecule has 10 N–H and O–H groups in total. The van der Waals surface area contributed by atoms with Crippen molar-refractivity contribution in [2.45, 2.75) is 50.7 Å². The van der Waals surface area contributed by atoms with E-state index >= 15 is 0 Å². The Morgan fingerprint density at radius 3 is 2.44 bits per heavy atom. The molecular formula is C18H29N9O5. The minimum Gasteiger partial charge on any atom is -0.370 e. The number of hydrogen-bond acceptors (Lipinski definition) is 8. The summed E-state index contributed by atoms with van der Waals surface area (Å²) in [5, 5.41) is 2.46. The number of carbonyl (C=O) groups is 5. The molecule has 1 rings (SSSR count). The van der Waals surface area contributed by atoms with Gasteiger partial charge in [-0.2, -0.15) is 0 Å². The van der Waals surface area contributed by atoms with E-state index in [0.29, 0.717) is 16.9 Å². The van der Waals surface area contributed by atoms with Gasteiger partial charge in [0.15, 0.2) is 5.96 Å². The number of H-pyrrole nitrogens is 1. The lowest BCUT2D eigenvalue weighted by molar-refractivity contribution is -0.153. The van der Waals surface area contributed by atoms with E-state index in [1.807, 2.05) is 0 Å². The third-order valence-corrected chi connectivity index (χ3v) is 4.31. The van der Waals surface area contributed by atoms with Crippen LogP contribution in [0.5, 0.6) is 0 Å². The molecule has 0 bridgehead atoms. The molecule has 1 aromatic rings. The van der Waals surface area contributed by atoms with Crippen molar-refractivity contribution in [1.82, 2.24) is 20.2 Å². The van der Waals surface area contributed by atoms with Gasteiger partial charge in [0.25, 0.3) is 5.91 Å². The molecule has 1 heterocycles. The lowest BCUT2D eigenvalue weighted by Gasteiger charge is -2.31. The zero-order chi connectivity index (χ0) is 24.3. The Balaban J connectivity index is 3.23. The fourth-order valence-corrected chi connectivity index (χ4v) is 2.91. The summed E-state index contributed by atoms with van der Waals surface area (Å²) in [7, 11) is 0. The lowest BCUT2D eigenvalue weighted by Crippen LogP contribution is -2.59. The van der Waals surface area contributed by atoms with Gasteiger partial charge in [0.2, 0.25) is 17.7 Å². The first-order valence-electron chi connectivity index (χ1n) is 9.72. The topological polar surface area (TPSA) is 246 Å². The fraction of sp³-hybridized carbons (Fsp3) is 0.500. The Morgan fingerprint density at radius 1 is 1.25 bits per heavy atom. The second kappa shape index (κ2) is 12.8. The highest BCUT2D eigenvalue weighted by Crippen LogP contribution is 2.13. The number of aromatic nitrogens is 2. The van der Waals surface area contributed by atoms with Gasteiger partial charge in [-0.3, -0.25) is 29.1 Å². The van der Waals surface area contributed by atoms with Crippen LogP contribution in [-0.4, -0.2) is 75.4 Å². The SMILES string of the molecule is CC(=O)N[C@@H](CCCN=C(N)N)C(=O)N(C(=O)[C@@H](N)CC(N)=O)[C@H](C=O)Cc1cnc[nH]1. The summed E-state index contributed by atoms with van der Waals surface area (Å²) in [6.45, 7) is 1.37. The van der Waals surface area contributed by atoms with Gasteiger partial charge < -0.3 is 38.0 Å². The van der Waals surface area contributed by atoms with Gasteiger partial charge in [-0.15, -0.1) is 0 Å². The Labute approximate surface area is 184 Å². The van der Waals surface area contributed by atoms with Crippen molar-refractivity contribution in [1.29, 1.82) is 0 Å². The normalized spacial score (nSPS) is 13.3. The Hall–Kier alpha value is -3.81. The Bertz CT molecular complexity index is 836. The molecule has 0 spiro atoms. The van der Waals surface area contributed by atoms with Crippen molar-refractivity contribution in [3.63, 3.8) is 0 Å². The average molecular weight is 451 g/mol. The van der Waals surface area contributed by atoms with E-state index in [1.54, 1.807) is 0 Å². The molecule has 0 aliphatic rings. The number of guanidine groups is 1. The van der Waals surface area contributed by atoms with Crippen LogP contribution in [0.2, 0.25) is 0 Å². The molecule has 32 heavy (non-hydrogen) atoms. The highest BCUT2D eigenvalue weighted by atomic mass is 16.2. The molecule has 0 saturated heterocycles. The predicted molar refractivity (Wildman–Crippen MR) is 113 cm³/mol. The van der Waals surface area contributed by atoms with Gasteiger partial charge in [0.05, 0.1) is 18.8 Å². The molecule has 0 unspecified atom stereocenters. The van der Waals surface area contributed by atoms with E-state index in [1.165, 1.54) is 19.4 Å². The minimum atomic E-state index is -1.46. The minimum absolute atomic E-state index is 0.0691. The van der Waals surface area contributed by atoms with E-state index < -0.39 is 48.2 Å². The van der Waals surface area contributed by atoms with E-state index in [-0.39, 0.29) is 31.8 Å². The number of aliphatic imine (C=N–C) groups is 1. The first-order chi connectivity index (χ1) is 15.1. The van der Waals surface area contributed by atoms with Crippen molar-refractivity contribution >= 4 is 35.9 Å². The largest absolute Gasteiger partial charge is 0.370 e. The molecule has 0 aliphatic carbocycles. The number of carbonyl (C=O) groups excluding carboxylic acids is 5. The van der Waals surface area contributed by atoms with Crippen LogP contribution >= 0.6 is 0 Å². The molecule has 0 saturated carbocycles. The summed E-state index contributed by atoms with van der Waals surface area (Å²) >= 11 is 0. The number of nitrogens with one attached hydrogen (secondary N) is 2. The standard InChI is InChI=1S/C18H29N9O5/c1-10(29)26-14(3-2-4-24-18(21)22)17(32)27(16(31)13(19)6-15(20)30)12(8-28)5-11-7-23-9-25-11/h7-9,12-14H,2-6,19H2,1H3,(H2,20,30)(H,23,25)(H,26,29)(H4,21,22,24)/t12-,13-,14-/m0/s1. The van der Waals surface area contributed by atoms with Crippen LogP contribution in [0.25, 0.3) is 0 Å². The van der Waals surface area contributed by atoms with Gasteiger partial charge in [-0.1, -0.05) is 0 Å². The molecule has 3 atom stereocenters. The Morgan fingerprint density at radius 2 is 1.94 bits per heavy atom. The van der Waals surface area contributed by atoms with Gasteiger partial charge in [0.1, 0.15) is 18.4 Å². The predicted octanol–water partition coefficient (Wildman–Crippen LogP) is -3.36. The number of rotatable bonds is 13. The first-order valence-corrected chi connectivity index (χ1v) is 9.72. The number of imide groups is 1. The fourth-order valence-electron chi connectivity index (χ4n) is 2.91. The van der Waals surface area contributed by atoms with E-state index in [0.717, 1.165) is 0 Å². The molecule has 0 aromatic carbocycles. The maximum absolute atomic E-state index is 13.3. The highest BCUT2D eigenvalue weighted by molar-refractivity contribution is 6.04. The van der Waals surface area contributed by atoms with Crippen LogP contribution in [0.4, 0.5) is 0 Å². The molecule has 0 fully saturated rings. The zero-order valence-electron chi connectivity index (χ0n) is 17.7. The molecule has 4 amide bonds. The summed E-state index contributed by atoms with van der Waals surface area (Å²) in [4.78, 5) is 72.1. The number of imidazole rings is 1. The molecule has 14 heteroatoms. The van der Waals surface area contributed by atoms with Crippen molar-refractivity contribution in [2.75, 3.05) is 6.54 Å². The number of amides is 4. The van der Waals surface area contributed by atoms with Gasteiger partial charge in [-0.05, 0) is 12.8 Å². The number of nitrogens with zero attached hydrogens (tertiary/aromatic N) is 3. The summed E-state index contributed by atoms with van der Waals surface area (Å²) in [5.41, 5.74) is 21.9. The first kappa shape index (κ1) is 26.2. The summed E-state index contributed by atoms with van der Waals surface area (Å²) in [6.07, 6.45) is 2.94. The number of aldehydes is 1. The molecule has 176 valence electrons. The van der Waals surface area contributed by atoms with Crippen LogP contribution in [0.1, 0.15) is 31.9 Å². The maximum atomic E-state index is 13.3. The molecule has 1 aromatic heterocycles. The van der Waals surface area contributed by atoms with Gasteiger partial charge >= 0.3 is 0 Å². The third-order valence-electron chi connectivity index (χ3n) is 4.31. The van der Waals surface area contributed by atoms with Crippen LogP contribution in [0.15, 0.2) is 17.5 Å². The summed E-state index contributed by atoms with van der Waals surface area (Å²) in [6, 6.07) is -3.90. The van der Waals surface area contributed by atoms with Crippen LogP contribution in [0, 0.1) is 0 Å². The zero-order valence-corrected chi connectivity index (χ0v) is 17.7. The number of hydrogen-bond donors (Lipinski definition) is 6. The maximum Gasteiger partial charge on any atom is 0.252 e. The highest BCUT2D eigenvalue weighted by Gasteiger charge is 2.37. The van der Waals surface area contributed by atoms with Gasteiger partial charge in [0, 0.05) is 31.8 Å². The number of aromatic amines is 1. The van der Waals surface area contributed by atoms with Crippen molar-refractivity contribution in [3.8, 4) is 0 Å². The number of nitrogens with two attached hydrogens (primary N) is 4. The van der Waals surface area contributed by atoms with E-state index in [4.69, 9.17) is 22.9 Å². The summed E-state index contributed by atoms with van der Waals surface area (Å²) < 4.78 is 0. The van der Waals surface area contributed by atoms with Crippen LogP contribution < -0.4 is 28.3 Å². The summed E-state index contributed by atoms with van der Waals surface area (Å²) in [5.74, 6) is -3.38. The van der Waals surface area contributed by atoms with Crippen LogP contribution in [0.3, 0.4) is 0 Å². The second-order valence-electron chi connectivity index (χ2n) is 7.01. The molecule has 0 aliphatic heterocycles. The Kier molecular flexibility index (Phi) is 10.5. The van der Waals surface area contributed by atoms with Crippen molar-refractivity contribution in [2.24, 2.45) is 27.9 Å². The van der Waals surface area contributed by atoms with E-state index in [9.17, 15) is 24.0 Å². The van der Waals surface area contributed by atoms with E-state index in [2.05, 4.69) is 20.3 Å². The van der Waals surface area contributed by atoms with Crippen molar-refractivity contribution in [3.05, 3.63) is 18.2 Å². The monoisotopic (exact) mass is 451 g/mol. The van der Waals surface area contributed by atoms with Crippen LogP contribution in [-0.2, 0) is 30.4 Å². The van der Waals surface area contributed by atoms with Crippen molar-refractivity contribution < 1.29 is 24.0 Å². The lowest BCUT2D eigenvalue weighted by atomic mass is 10.0.